The van der Waals surface area contributed by atoms with Crippen LogP contribution in [0.25, 0.3) is 0 Å². The second kappa shape index (κ2) is 11.9. The van der Waals surface area contributed by atoms with E-state index in [9.17, 15) is 0 Å². The molecule has 1 aliphatic heterocycles. The largest absolute Gasteiger partial charge is 0.147 e. The molecule has 7 heteroatoms. The Hall–Kier alpha value is 0.804. The first-order valence-corrected chi connectivity index (χ1v) is 8.99. The van der Waals surface area contributed by atoms with Gasteiger partial charge in [0.25, 0.3) is 0 Å². The zero-order valence-corrected chi connectivity index (χ0v) is 13.3. The van der Waals surface area contributed by atoms with Crippen molar-refractivity contribution in [2.24, 2.45) is 0 Å². The van der Waals surface area contributed by atoms with Crippen molar-refractivity contribution in [3.05, 3.63) is 0 Å². The summed E-state index contributed by atoms with van der Waals surface area (Å²) in [5.41, 5.74) is 0. The maximum Gasteiger partial charge on any atom is -0.147 e. The van der Waals surface area contributed by atoms with Gasteiger partial charge in [0, 0.05) is 0 Å². The fourth-order valence-corrected chi connectivity index (χ4v) is 3.45. The summed E-state index contributed by atoms with van der Waals surface area (Å²) in [6.07, 6.45) is 0. The van der Waals surface area contributed by atoms with Crippen LogP contribution in [-0.4, -0.2) is 62.8 Å². The van der Waals surface area contributed by atoms with E-state index >= 15 is 0 Å². The Morgan fingerprint density at radius 2 is 1.29 bits per heavy atom. The summed E-state index contributed by atoms with van der Waals surface area (Å²) in [4.78, 5) is 0. The van der Waals surface area contributed by atoms with Gasteiger partial charge in [0.05, 0.1) is 0 Å². The molecule has 0 bridgehead atoms. The zero-order chi connectivity index (χ0) is 11.6. The molecule has 0 unspecified atom stereocenters. The monoisotopic (exact) mass is 301 g/mol. The van der Waals surface area contributed by atoms with Gasteiger partial charge in [-0.3, -0.25) is 0 Å². The Balaban J connectivity index is 0.00000256. The summed E-state index contributed by atoms with van der Waals surface area (Å²) >= 11 is -1.40. The number of hydrogen-bond donors (Lipinski definition) is 3. The van der Waals surface area contributed by atoms with Crippen molar-refractivity contribution >= 4 is 12.4 Å². The van der Waals surface area contributed by atoms with Crippen molar-refractivity contribution in [3.8, 4) is 0 Å². The van der Waals surface area contributed by atoms with Gasteiger partial charge in [0.2, 0.25) is 0 Å². The molecule has 5 nitrogen and oxygen atoms in total. The Labute approximate surface area is 118 Å². The van der Waals surface area contributed by atoms with Crippen LogP contribution in [0.15, 0.2) is 0 Å². The summed E-state index contributed by atoms with van der Waals surface area (Å²) in [5.74, 6) is 0. The van der Waals surface area contributed by atoms with Crippen LogP contribution in [0.5, 0.6) is 0 Å². The van der Waals surface area contributed by atoms with Crippen molar-refractivity contribution in [1.82, 2.24) is 19.3 Å². The van der Waals surface area contributed by atoms with Gasteiger partial charge in [0.1, 0.15) is 0 Å². The molecule has 17 heavy (non-hydrogen) atoms. The predicted molar refractivity (Wildman–Crippen MR) is 70.3 cm³/mol. The fourth-order valence-electron chi connectivity index (χ4n) is 1.71. The molecule has 0 saturated carbocycles. The standard InChI is InChI=1S/C8H19N4.CH3O.CH3.ClH.Ti/c1-2-10-5-6-12-8-7-11-4-3-9-1;1-2;;;/h9-11H,1-8H2;1H3;1H3;1H;/q2*-1;;;+2. The first kappa shape index (κ1) is 17.8. The summed E-state index contributed by atoms with van der Waals surface area (Å²) in [6.45, 7) is 8.58. The topological polar surface area (TPSA) is 48.6 Å². The third-order valence-corrected chi connectivity index (χ3v) is 5.83. The summed E-state index contributed by atoms with van der Waals surface area (Å²) in [5, 5.41) is 12.6. The normalized spacial score (nSPS) is 20.8. The molecule has 0 spiro atoms. The van der Waals surface area contributed by atoms with Crippen molar-refractivity contribution < 1.29 is 21.8 Å². The van der Waals surface area contributed by atoms with E-state index in [0.29, 0.717) is 0 Å². The third-order valence-electron chi connectivity index (χ3n) is 2.81. The van der Waals surface area contributed by atoms with Crippen molar-refractivity contribution in [1.29, 1.82) is 0 Å². The van der Waals surface area contributed by atoms with E-state index in [-0.39, 0.29) is 12.4 Å². The average molecular weight is 302 g/mol. The molecule has 1 fully saturated rings. The van der Waals surface area contributed by atoms with Crippen molar-refractivity contribution in [2.45, 2.75) is 5.23 Å². The van der Waals surface area contributed by atoms with Crippen molar-refractivity contribution in [3.63, 3.8) is 0 Å². The minimum atomic E-state index is -1.40. The summed E-state index contributed by atoms with van der Waals surface area (Å²) in [7, 11) is 1.84. The van der Waals surface area contributed by atoms with Gasteiger partial charge in [-0.25, -0.2) is 0 Å². The van der Waals surface area contributed by atoms with Gasteiger partial charge in [-0.1, -0.05) is 0 Å². The molecule has 0 aromatic heterocycles. The van der Waals surface area contributed by atoms with Crippen LogP contribution in [0, 0.1) is 0 Å². The van der Waals surface area contributed by atoms with Gasteiger partial charge in [-0.2, -0.15) is 0 Å². The molecular weight excluding hydrogens is 275 g/mol. The molecule has 1 rings (SSSR count). The van der Waals surface area contributed by atoms with Crippen LogP contribution in [0.1, 0.15) is 0 Å². The van der Waals surface area contributed by atoms with Crippen LogP contribution in [0.4, 0.5) is 0 Å². The molecular formula is C10H26ClN4OTi. The molecule has 3 N–H and O–H groups in total. The molecule has 1 saturated heterocycles. The Morgan fingerprint density at radius 1 is 0.882 bits per heavy atom. The summed E-state index contributed by atoms with van der Waals surface area (Å²) in [6, 6.07) is 0. The van der Waals surface area contributed by atoms with E-state index in [1.165, 1.54) is 0 Å². The smallest absolute Gasteiger partial charge is 0.147 e. The molecule has 0 aromatic rings. The quantitative estimate of drug-likeness (QED) is 0.608. The number of nitrogens with one attached hydrogen (secondary N) is 3. The van der Waals surface area contributed by atoms with Crippen molar-refractivity contribution in [2.75, 3.05) is 59.5 Å². The van der Waals surface area contributed by atoms with Crippen LogP contribution in [0.2, 0.25) is 5.23 Å². The van der Waals surface area contributed by atoms with E-state index in [2.05, 4.69) is 24.6 Å². The van der Waals surface area contributed by atoms with Gasteiger partial charge in [-0.05, 0) is 0 Å². The third kappa shape index (κ3) is 8.51. The molecule has 0 radical (unpaired) electrons. The Kier molecular flexibility index (Phi) is 12.4. The maximum atomic E-state index is 5.54. The molecule has 0 amide bonds. The number of hydrogen-bond acceptors (Lipinski definition) is 5. The second-order valence-electron chi connectivity index (χ2n) is 3.96. The molecule has 0 atom stereocenters. The Bertz CT molecular complexity index is 166. The van der Waals surface area contributed by atoms with Crippen LogP contribution >= 0.6 is 12.4 Å². The van der Waals surface area contributed by atoms with E-state index in [1.807, 2.05) is 7.11 Å². The first-order chi connectivity index (χ1) is 7.84. The summed E-state index contributed by atoms with van der Waals surface area (Å²) < 4.78 is 8.06. The van der Waals surface area contributed by atoms with Gasteiger partial charge >= 0.3 is 106 Å². The SMILES string of the molecule is C[O][Ti]([CH3])[N]1CCNCCNCCNCC1.Cl. The maximum absolute atomic E-state index is 5.54. The predicted octanol–water partition coefficient (Wildman–Crippen LogP) is -0.365. The molecule has 103 valence electrons. The average Bonchev–Trinajstić information content (AvgIpc) is 2.29. The number of nitrogens with zero attached hydrogens (tertiary/aromatic N) is 1. The minimum absolute atomic E-state index is 0. The molecule has 1 heterocycles. The van der Waals surface area contributed by atoms with Gasteiger partial charge in [0.15, 0.2) is 0 Å². The van der Waals surface area contributed by atoms with Gasteiger partial charge < -0.3 is 0 Å². The number of halogens is 1. The molecule has 1 aliphatic rings. The van der Waals surface area contributed by atoms with Crippen LogP contribution in [-0.2, 0) is 21.8 Å². The van der Waals surface area contributed by atoms with E-state index in [1.54, 1.807) is 0 Å². The second-order valence-corrected chi connectivity index (χ2v) is 7.21. The molecule has 0 aliphatic carbocycles. The van der Waals surface area contributed by atoms with Crippen LogP contribution in [0.3, 0.4) is 0 Å². The number of rotatable bonds is 2. The van der Waals surface area contributed by atoms with E-state index in [4.69, 9.17) is 3.32 Å². The fraction of sp³-hybridized carbons (Fsp3) is 1.00. The van der Waals surface area contributed by atoms with Gasteiger partial charge in [-0.15, -0.1) is 12.4 Å². The van der Waals surface area contributed by atoms with E-state index < -0.39 is 18.5 Å². The molecule has 0 aromatic carbocycles. The van der Waals surface area contributed by atoms with E-state index in [0.717, 1.165) is 52.4 Å². The Morgan fingerprint density at radius 3 is 1.71 bits per heavy atom. The van der Waals surface area contributed by atoms with Crippen LogP contribution < -0.4 is 16.0 Å². The zero-order valence-electron chi connectivity index (χ0n) is 10.9. The first-order valence-electron chi connectivity index (χ1n) is 6.09. The minimum Gasteiger partial charge on any atom is -0.147 e.